The van der Waals surface area contributed by atoms with E-state index >= 15 is 0 Å². The van der Waals surface area contributed by atoms with Crippen molar-refractivity contribution in [1.82, 2.24) is 10.2 Å². The van der Waals surface area contributed by atoms with Crippen molar-refractivity contribution < 1.29 is 19.1 Å². The van der Waals surface area contributed by atoms with Crippen LogP contribution in [0.1, 0.15) is 4.88 Å². The molecule has 0 spiro atoms. The molecule has 0 radical (unpaired) electrons. The lowest BCUT2D eigenvalue weighted by Crippen LogP contribution is -2.14. The number of carbonyl (C=O) groups is 2. The molecule has 11 heteroatoms. The van der Waals surface area contributed by atoms with E-state index in [0.29, 0.717) is 33.1 Å². The maximum atomic E-state index is 12.2. The summed E-state index contributed by atoms with van der Waals surface area (Å²) in [7, 11) is 3.08. The molecule has 0 atom stereocenters. The molecule has 0 saturated carbocycles. The van der Waals surface area contributed by atoms with Crippen LogP contribution in [0, 0.1) is 0 Å². The number of rotatable bonds is 9. The molecule has 0 aliphatic carbocycles. The fourth-order valence-electron chi connectivity index (χ4n) is 2.29. The number of amides is 2. The van der Waals surface area contributed by atoms with E-state index < -0.39 is 0 Å². The Morgan fingerprint density at radius 3 is 2.62 bits per heavy atom. The third-order valence-electron chi connectivity index (χ3n) is 3.56. The summed E-state index contributed by atoms with van der Waals surface area (Å²) in [5.74, 6) is 0.936. The zero-order valence-corrected chi connectivity index (χ0v) is 18.1. The molecule has 0 fully saturated rings. The number of nitrogens with one attached hydrogen (secondary N) is 2. The zero-order chi connectivity index (χ0) is 20.6. The number of aromatic nitrogens is 2. The molecular weight excluding hydrogens is 432 g/mol. The molecule has 29 heavy (non-hydrogen) atoms. The molecule has 0 saturated heterocycles. The molecular formula is C18H18N4O4S3. The molecule has 3 aromatic rings. The number of ether oxygens (including phenoxy) is 2. The molecule has 2 N–H and O–H groups in total. The summed E-state index contributed by atoms with van der Waals surface area (Å²) >= 11 is 4.00. The van der Waals surface area contributed by atoms with Gasteiger partial charge in [0.15, 0.2) is 15.8 Å². The van der Waals surface area contributed by atoms with Gasteiger partial charge in [-0.2, -0.15) is 0 Å². The molecule has 0 aliphatic rings. The SMILES string of the molecule is COc1ccc(NC(=O)CSc2nnc(NC(=O)Cc3cccs3)s2)cc1OC. The molecule has 2 aromatic heterocycles. The van der Waals surface area contributed by atoms with E-state index in [2.05, 4.69) is 20.8 Å². The van der Waals surface area contributed by atoms with Gasteiger partial charge in [0, 0.05) is 16.6 Å². The van der Waals surface area contributed by atoms with E-state index in [0.717, 1.165) is 4.88 Å². The molecule has 8 nitrogen and oxygen atoms in total. The average molecular weight is 451 g/mol. The maximum Gasteiger partial charge on any atom is 0.234 e. The Balaban J connectivity index is 1.47. The smallest absolute Gasteiger partial charge is 0.234 e. The molecule has 2 heterocycles. The fourth-order valence-corrected chi connectivity index (χ4v) is 4.56. The van der Waals surface area contributed by atoms with Crippen molar-refractivity contribution in [3.63, 3.8) is 0 Å². The molecule has 3 rings (SSSR count). The Morgan fingerprint density at radius 1 is 1.07 bits per heavy atom. The van der Waals surface area contributed by atoms with Crippen molar-refractivity contribution in [3.8, 4) is 11.5 Å². The number of carbonyl (C=O) groups excluding carboxylic acids is 2. The highest BCUT2D eigenvalue weighted by molar-refractivity contribution is 8.01. The predicted molar refractivity (Wildman–Crippen MR) is 115 cm³/mol. The standard InChI is InChI=1S/C18H18N4O4S3/c1-25-13-6-5-11(8-14(13)26-2)19-16(24)10-28-18-22-21-17(29-18)20-15(23)9-12-4-3-7-27-12/h3-8H,9-10H2,1-2H3,(H,19,24)(H,20,21,23). The third kappa shape index (κ3) is 6.17. The highest BCUT2D eigenvalue weighted by atomic mass is 32.2. The van der Waals surface area contributed by atoms with E-state index in [1.807, 2.05) is 17.5 Å². The number of hydrogen-bond donors (Lipinski definition) is 2. The van der Waals surface area contributed by atoms with Gasteiger partial charge in [0.2, 0.25) is 16.9 Å². The Hall–Kier alpha value is -2.63. The van der Waals surface area contributed by atoms with E-state index in [4.69, 9.17) is 9.47 Å². The van der Waals surface area contributed by atoms with E-state index in [1.54, 1.807) is 25.3 Å². The minimum atomic E-state index is -0.194. The molecule has 0 aliphatic heterocycles. The molecule has 0 bridgehead atoms. The van der Waals surface area contributed by atoms with Crippen molar-refractivity contribution in [2.45, 2.75) is 10.8 Å². The van der Waals surface area contributed by atoms with Crippen LogP contribution in [0.15, 0.2) is 40.1 Å². The van der Waals surface area contributed by atoms with Crippen LogP contribution in [0.25, 0.3) is 0 Å². The van der Waals surface area contributed by atoms with Crippen LogP contribution in [0.4, 0.5) is 10.8 Å². The minimum Gasteiger partial charge on any atom is -0.493 e. The summed E-state index contributed by atoms with van der Waals surface area (Å²) in [6, 6.07) is 8.95. The average Bonchev–Trinajstić information content (AvgIpc) is 3.38. The number of anilines is 2. The monoisotopic (exact) mass is 450 g/mol. The highest BCUT2D eigenvalue weighted by Gasteiger charge is 2.12. The fraction of sp³-hybridized carbons (Fsp3) is 0.222. The first kappa shape index (κ1) is 21.1. The van der Waals surface area contributed by atoms with Gasteiger partial charge >= 0.3 is 0 Å². The molecule has 0 unspecified atom stereocenters. The number of methoxy groups -OCH3 is 2. The first-order chi connectivity index (χ1) is 14.1. The van der Waals surface area contributed by atoms with Crippen LogP contribution < -0.4 is 20.1 Å². The van der Waals surface area contributed by atoms with Crippen molar-refractivity contribution in [2.24, 2.45) is 0 Å². The Kier molecular flexibility index (Phi) is 7.44. The first-order valence-corrected chi connectivity index (χ1v) is 11.1. The van der Waals surface area contributed by atoms with Crippen LogP contribution in [-0.2, 0) is 16.0 Å². The number of thioether (sulfide) groups is 1. The highest BCUT2D eigenvalue weighted by Crippen LogP contribution is 2.30. The van der Waals surface area contributed by atoms with Crippen molar-refractivity contribution >= 4 is 57.1 Å². The third-order valence-corrected chi connectivity index (χ3v) is 6.41. The second kappa shape index (κ2) is 10.2. The normalized spacial score (nSPS) is 10.4. The topological polar surface area (TPSA) is 102 Å². The van der Waals surface area contributed by atoms with Crippen molar-refractivity contribution in [2.75, 3.05) is 30.6 Å². The second-order valence-corrected chi connectivity index (χ2v) is 8.82. The van der Waals surface area contributed by atoms with Gasteiger partial charge < -0.3 is 20.1 Å². The van der Waals surface area contributed by atoms with Gasteiger partial charge in [-0.3, -0.25) is 9.59 Å². The van der Waals surface area contributed by atoms with Crippen LogP contribution in [0.2, 0.25) is 0 Å². The van der Waals surface area contributed by atoms with Gasteiger partial charge in [-0.15, -0.1) is 21.5 Å². The van der Waals surface area contributed by atoms with Gasteiger partial charge in [-0.25, -0.2) is 0 Å². The largest absolute Gasteiger partial charge is 0.493 e. The number of hydrogen-bond acceptors (Lipinski definition) is 9. The Bertz CT molecular complexity index is 975. The predicted octanol–water partition coefficient (Wildman–Crippen LogP) is 3.53. The second-order valence-electron chi connectivity index (χ2n) is 5.58. The first-order valence-electron chi connectivity index (χ1n) is 8.38. The van der Waals surface area contributed by atoms with Crippen LogP contribution in [-0.4, -0.2) is 42.0 Å². The summed E-state index contributed by atoms with van der Waals surface area (Å²) in [6.45, 7) is 0. The van der Waals surface area contributed by atoms with E-state index in [9.17, 15) is 9.59 Å². The zero-order valence-electron chi connectivity index (χ0n) is 15.6. The number of thiophene rings is 1. The summed E-state index contributed by atoms with van der Waals surface area (Å²) in [5, 5.41) is 15.8. The van der Waals surface area contributed by atoms with Crippen molar-refractivity contribution in [1.29, 1.82) is 0 Å². The summed E-state index contributed by atoms with van der Waals surface area (Å²) < 4.78 is 11.0. The summed E-state index contributed by atoms with van der Waals surface area (Å²) in [6.07, 6.45) is 0.299. The van der Waals surface area contributed by atoms with E-state index in [-0.39, 0.29) is 17.6 Å². The quantitative estimate of drug-likeness (QED) is 0.380. The number of benzene rings is 1. The summed E-state index contributed by atoms with van der Waals surface area (Å²) in [5.41, 5.74) is 0.604. The Morgan fingerprint density at radius 2 is 1.90 bits per heavy atom. The van der Waals surface area contributed by atoms with Crippen LogP contribution >= 0.6 is 34.4 Å². The lowest BCUT2D eigenvalue weighted by molar-refractivity contribution is -0.115. The van der Waals surface area contributed by atoms with E-state index in [1.165, 1.54) is 41.5 Å². The van der Waals surface area contributed by atoms with Gasteiger partial charge in [0.1, 0.15) is 0 Å². The lowest BCUT2D eigenvalue weighted by Gasteiger charge is -2.10. The Labute approximate surface area is 179 Å². The number of nitrogens with zero attached hydrogens (tertiary/aromatic N) is 2. The van der Waals surface area contributed by atoms with Gasteiger partial charge in [0.25, 0.3) is 0 Å². The maximum absolute atomic E-state index is 12.2. The van der Waals surface area contributed by atoms with Crippen LogP contribution in [0.3, 0.4) is 0 Å². The lowest BCUT2D eigenvalue weighted by atomic mass is 10.2. The molecule has 152 valence electrons. The van der Waals surface area contributed by atoms with Gasteiger partial charge in [-0.05, 0) is 23.6 Å². The van der Waals surface area contributed by atoms with Crippen LogP contribution in [0.5, 0.6) is 11.5 Å². The summed E-state index contributed by atoms with van der Waals surface area (Å²) in [4.78, 5) is 25.2. The van der Waals surface area contributed by atoms with Gasteiger partial charge in [0.05, 0.1) is 26.4 Å². The van der Waals surface area contributed by atoms with Crippen molar-refractivity contribution in [3.05, 3.63) is 40.6 Å². The van der Waals surface area contributed by atoms with Gasteiger partial charge in [-0.1, -0.05) is 29.2 Å². The molecule has 2 amide bonds. The molecule has 1 aromatic carbocycles. The minimum absolute atomic E-state index is 0.147.